The van der Waals surface area contributed by atoms with Crippen LogP contribution >= 0.6 is 11.3 Å². The van der Waals surface area contributed by atoms with E-state index in [0.717, 1.165) is 16.4 Å². The van der Waals surface area contributed by atoms with Gasteiger partial charge >= 0.3 is 6.18 Å². The molecule has 0 fully saturated rings. The van der Waals surface area contributed by atoms with Crippen LogP contribution in [-0.2, 0) is 16.2 Å². The van der Waals surface area contributed by atoms with Crippen molar-refractivity contribution < 1.29 is 21.6 Å². The first-order valence-electron chi connectivity index (χ1n) is 6.00. The van der Waals surface area contributed by atoms with E-state index in [1.165, 1.54) is 18.5 Å². The van der Waals surface area contributed by atoms with E-state index in [-0.39, 0.29) is 23.2 Å². The molecule has 126 valence electrons. The number of alkyl halides is 3. The zero-order chi connectivity index (χ0) is 17.4. The molecule has 0 spiro atoms. The number of halogens is 3. The zero-order valence-corrected chi connectivity index (χ0v) is 13.0. The maximum atomic E-state index is 12.5. The van der Waals surface area contributed by atoms with Crippen LogP contribution in [0.15, 0.2) is 35.2 Å². The lowest BCUT2D eigenvalue weighted by molar-refractivity contribution is -0.137. The number of hydrogen-bond acceptors (Lipinski definition) is 8. The van der Waals surface area contributed by atoms with Gasteiger partial charge in [0.2, 0.25) is 5.95 Å². The summed E-state index contributed by atoms with van der Waals surface area (Å²) < 4.78 is 64.9. The lowest BCUT2D eigenvalue weighted by Gasteiger charge is -2.06. The molecule has 1 N–H and O–H groups in total. The van der Waals surface area contributed by atoms with Gasteiger partial charge in [0, 0.05) is 17.8 Å². The summed E-state index contributed by atoms with van der Waals surface area (Å²) in [5.74, 6) is -0.260. The summed E-state index contributed by atoms with van der Waals surface area (Å²) in [5, 5.41) is 2.50. The van der Waals surface area contributed by atoms with Crippen molar-refractivity contribution in [2.24, 2.45) is 0 Å². The Bertz CT molecular complexity index is 952. The Labute approximate surface area is 136 Å². The number of sulfonamides is 1. The van der Waals surface area contributed by atoms with Gasteiger partial charge in [0.25, 0.3) is 16.0 Å². The SMILES string of the molecule is O=S(=O)(Nc1ncnn1-c1ncccn1)c1csc(C(F)(F)F)n1. The van der Waals surface area contributed by atoms with Crippen molar-refractivity contribution >= 4 is 27.3 Å². The largest absolute Gasteiger partial charge is 0.443 e. The summed E-state index contributed by atoms with van der Waals surface area (Å²) in [7, 11) is -4.38. The van der Waals surface area contributed by atoms with Crippen LogP contribution in [0.2, 0.25) is 0 Å². The van der Waals surface area contributed by atoms with Gasteiger partial charge in [-0.05, 0) is 6.07 Å². The molecule has 0 saturated carbocycles. The molecule has 0 amide bonds. The molecule has 0 atom stereocenters. The number of nitrogens with one attached hydrogen (secondary N) is 1. The first-order chi connectivity index (χ1) is 11.3. The van der Waals surface area contributed by atoms with Gasteiger partial charge < -0.3 is 0 Å². The topological polar surface area (TPSA) is 116 Å². The number of thiazole rings is 1. The summed E-state index contributed by atoms with van der Waals surface area (Å²) in [4.78, 5) is 14.5. The standard InChI is InChI=1S/C10H6F3N7O2S2/c11-10(12,13)7-18-6(4-23-7)24(21,22)19-9-16-5-17-20(9)8-14-2-1-3-15-8/h1-5H,(H,16,17,19). The van der Waals surface area contributed by atoms with E-state index in [2.05, 4.69) is 25.0 Å². The number of nitrogens with zero attached hydrogens (tertiary/aromatic N) is 6. The molecule has 0 aliphatic carbocycles. The highest BCUT2D eigenvalue weighted by atomic mass is 32.2. The van der Waals surface area contributed by atoms with Crippen molar-refractivity contribution in [3.8, 4) is 5.95 Å². The number of hydrogen-bond donors (Lipinski definition) is 1. The second kappa shape index (κ2) is 5.79. The van der Waals surface area contributed by atoms with Gasteiger partial charge in [0.1, 0.15) is 6.33 Å². The fourth-order valence-electron chi connectivity index (χ4n) is 1.54. The minimum atomic E-state index is -4.73. The van der Waals surface area contributed by atoms with Crippen LogP contribution in [0.5, 0.6) is 0 Å². The van der Waals surface area contributed by atoms with Gasteiger partial charge in [-0.1, -0.05) is 0 Å². The Morgan fingerprint density at radius 1 is 1.17 bits per heavy atom. The van der Waals surface area contributed by atoms with Gasteiger partial charge in [0.05, 0.1) is 0 Å². The third-order valence-electron chi connectivity index (χ3n) is 2.52. The number of aromatic nitrogens is 6. The van der Waals surface area contributed by atoms with Crippen molar-refractivity contribution in [2.75, 3.05) is 4.72 Å². The molecular weight excluding hydrogens is 371 g/mol. The van der Waals surface area contributed by atoms with E-state index in [4.69, 9.17) is 0 Å². The number of rotatable bonds is 4. The molecule has 0 aliphatic heterocycles. The number of anilines is 1. The molecule has 0 aliphatic rings. The van der Waals surface area contributed by atoms with E-state index in [1.807, 2.05) is 4.72 Å². The first kappa shape index (κ1) is 16.3. The first-order valence-corrected chi connectivity index (χ1v) is 8.36. The van der Waals surface area contributed by atoms with Crippen LogP contribution in [0.4, 0.5) is 19.1 Å². The maximum absolute atomic E-state index is 12.5. The lowest BCUT2D eigenvalue weighted by atomic mass is 10.7. The van der Waals surface area contributed by atoms with E-state index < -0.39 is 26.2 Å². The molecule has 0 bridgehead atoms. The summed E-state index contributed by atoms with van der Waals surface area (Å²) in [6, 6.07) is 1.54. The second-order valence-electron chi connectivity index (χ2n) is 4.14. The van der Waals surface area contributed by atoms with Gasteiger partial charge in [-0.25, -0.2) is 19.7 Å². The monoisotopic (exact) mass is 377 g/mol. The fraction of sp³-hybridized carbons (Fsp3) is 0.100. The second-order valence-corrected chi connectivity index (χ2v) is 6.63. The fourth-order valence-corrected chi connectivity index (χ4v) is 3.50. The maximum Gasteiger partial charge on any atom is 0.443 e. The average molecular weight is 377 g/mol. The molecule has 9 nitrogen and oxygen atoms in total. The van der Waals surface area contributed by atoms with Gasteiger partial charge in [0.15, 0.2) is 10.0 Å². The van der Waals surface area contributed by atoms with Crippen LogP contribution < -0.4 is 4.72 Å². The molecule has 14 heteroatoms. The Hall–Kier alpha value is -2.61. The summed E-state index contributed by atoms with van der Waals surface area (Å²) >= 11 is 0.174. The van der Waals surface area contributed by atoms with Crippen molar-refractivity contribution in [1.82, 2.24) is 29.7 Å². The predicted molar refractivity (Wildman–Crippen MR) is 74.9 cm³/mol. The van der Waals surface area contributed by atoms with Crippen molar-refractivity contribution in [2.45, 2.75) is 11.2 Å². The van der Waals surface area contributed by atoms with Crippen LogP contribution in [0.1, 0.15) is 5.01 Å². The van der Waals surface area contributed by atoms with Gasteiger partial charge in [-0.3, -0.25) is 0 Å². The Morgan fingerprint density at radius 3 is 2.50 bits per heavy atom. The Morgan fingerprint density at radius 2 is 1.88 bits per heavy atom. The van der Waals surface area contributed by atoms with E-state index in [9.17, 15) is 21.6 Å². The van der Waals surface area contributed by atoms with Crippen LogP contribution in [0.25, 0.3) is 5.95 Å². The molecule has 3 rings (SSSR count). The molecule has 0 radical (unpaired) electrons. The molecule has 0 unspecified atom stereocenters. The summed E-state index contributed by atoms with van der Waals surface area (Å²) in [6.45, 7) is 0. The molecule has 0 aromatic carbocycles. The van der Waals surface area contributed by atoms with Crippen molar-refractivity contribution in [1.29, 1.82) is 0 Å². The Balaban J connectivity index is 1.92. The minimum Gasteiger partial charge on any atom is -0.246 e. The van der Waals surface area contributed by atoms with Crippen LogP contribution in [0.3, 0.4) is 0 Å². The van der Waals surface area contributed by atoms with Crippen LogP contribution in [0, 0.1) is 0 Å². The molecular formula is C10H6F3N7O2S2. The summed E-state index contributed by atoms with van der Waals surface area (Å²) in [5.41, 5.74) is 0. The van der Waals surface area contributed by atoms with Crippen molar-refractivity contribution in [3.63, 3.8) is 0 Å². The van der Waals surface area contributed by atoms with Gasteiger partial charge in [-0.2, -0.15) is 36.4 Å². The smallest absolute Gasteiger partial charge is 0.246 e. The van der Waals surface area contributed by atoms with Crippen molar-refractivity contribution in [3.05, 3.63) is 35.2 Å². The van der Waals surface area contributed by atoms with Crippen LogP contribution in [-0.4, -0.2) is 38.1 Å². The highest BCUT2D eigenvalue weighted by Crippen LogP contribution is 2.32. The lowest BCUT2D eigenvalue weighted by Crippen LogP contribution is -2.18. The van der Waals surface area contributed by atoms with E-state index >= 15 is 0 Å². The zero-order valence-electron chi connectivity index (χ0n) is 11.3. The summed E-state index contributed by atoms with van der Waals surface area (Å²) in [6.07, 6.45) is -0.886. The third-order valence-corrected chi connectivity index (χ3v) is 4.76. The molecule has 3 aromatic heterocycles. The highest BCUT2D eigenvalue weighted by molar-refractivity contribution is 7.92. The predicted octanol–water partition coefficient (Wildman–Crippen LogP) is 1.33. The minimum absolute atomic E-state index is 0.0296. The van der Waals surface area contributed by atoms with E-state index in [0.29, 0.717) is 0 Å². The van der Waals surface area contributed by atoms with E-state index in [1.54, 1.807) is 0 Å². The molecule has 3 aromatic rings. The quantitative estimate of drug-likeness (QED) is 0.729. The molecule has 3 heterocycles. The average Bonchev–Trinajstić information content (AvgIpc) is 3.16. The highest BCUT2D eigenvalue weighted by Gasteiger charge is 2.36. The third kappa shape index (κ3) is 3.18. The molecule has 24 heavy (non-hydrogen) atoms. The normalized spacial score (nSPS) is 12.3. The Kier molecular flexibility index (Phi) is 3.92. The van der Waals surface area contributed by atoms with Gasteiger partial charge in [-0.15, -0.1) is 11.3 Å². The molecule has 0 saturated heterocycles.